The van der Waals surface area contributed by atoms with E-state index in [-0.39, 0.29) is 28.7 Å². The fraction of sp³-hybridized carbons (Fsp3) is 0.150. The summed E-state index contributed by atoms with van der Waals surface area (Å²) in [5.74, 6) is -0.347. The number of carboxylic acid groups (broad SMARTS) is 1. The smallest absolute Gasteiger partial charge is 0.339 e. The first kappa shape index (κ1) is 21.9. The van der Waals surface area contributed by atoms with Crippen molar-refractivity contribution in [2.45, 2.75) is 0 Å². The number of hydrogen-bond acceptors (Lipinski definition) is 10. The van der Waals surface area contributed by atoms with Crippen LogP contribution in [-0.2, 0) is 0 Å². The van der Waals surface area contributed by atoms with E-state index in [1.165, 1.54) is 18.3 Å². The number of nitrogens with one attached hydrogen (secondary N) is 3. The molecule has 0 saturated carbocycles. The van der Waals surface area contributed by atoms with E-state index in [9.17, 15) is 20.0 Å². The molecule has 2 aromatic heterocycles. The van der Waals surface area contributed by atoms with Gasteiger partial charge in [-0.05, 0) is 18.2 Å². The van der Waals surface area contributed by atoms with Crippen molar-refractivity contribution < 1.29 is 14.8 Å². The predicted octanol–water partition coefficient (Wildman–Crippen LogP) is 2.58. The van der Waals surface area contributed by atoms with Crippen LogP contribution in [0.5, 0.6) is 0 Å². The second kappa shape index (κ2) is 9.81. The van der Waals surface area contributed by atoms with Crippen molar-refractivity contribution in [2.24, 2.45) is 0 Å². The highest BCUT2D eigenvalue weighted by atomic mass is 16.6. The van der Waals surface area contributed by atoms with Crippen LogP contribution < -0.4 is 16.0 Å². The maximum Gasteiger partial charge on any atom is 0.339 e. The van der Waals surface area contributed by atoms with Crippen LogP contribution in [-0.4, -0.2) is 51.1 Å². The maximum atomic E-state index is 11.5. The third kappa shape index (κ3) is 5.03. The molecule has 162 valence electrons. The lowest BCUT2D eigenvalue weighted by Crippen LogP contribution is -2.17. The zero-order chi connectivity index (χ0) is 23.1. The zero-order valence-electron chi connectivity index (χ0n) is 16.9. The summed E-state index contributed by atoms with van der Waals surface area (Å²) >= 11 is 0. The van der Waals surface area contributed by atoms with Gasteiger partial charge in [0.1, 0.15) is 11.4 Å². The minimum Gasteiger partial charge on any atom is -0.478 e. The maximum absolute atomic E-state index is 11.5. The molecule has 0 spiro atoms. The monoisotopic (exact) mass is 434 g/mol. The Labute approximate surface area is 182 Å². The van der Waals surface area contributed by atoms with Gasteiger partial charge in [-0.25, -0.2) is 19.7 Å². The Kier molecular flexibility index (Phi) is 6.72. The quantitative estimate of drug-likeness (QED) is 0.221. The Morgan fingerprint density at radius 1 is 1.16 bits per heavy atom. The van der Waals surface area contributed by atoms with Crippen molar-refractivity contribution in [3.05, 3.63) is 63.8 Å². The van der Waals surface area contributed by atoms with E-state index in [4.69, 9.17) is 5.26 Å². The average Bonchev–Trinajstić information content (AvgIpc) is 2.81. The van der Waals surface area contributed by atoms with Crippen LogP contribution >= 0.6 is 0 Å². The number of nitro groups is 1. The molecule has 0 atom stereocenters. The number of nitriles is 1. The normalized spacial score (nSPS) is 10.1. The molecule has 12 heteroatoms. The minimum atomic E-state index is -1.16. The molecule has 0 saturated heterocycles. The highest BCUT2D eigenvalue weighted by Crippen LogP contribution is 2.24. The van der Waals surface area contributed by atoms with Crippen molar-refractivity contribution in [1.82, 2.24) is 15.0 Å². The largest absolute Gasteiger partial charge is 0.478 e. The molecule has 1 aromatic carbocycles. The van der Waals surface area contributed by atoms with Gasteiger partial charge in [0.2, 0.25) is 11.8 Å². The van der Waals surface area contributed by atoms with Crippen molar-refractivity contribution in [3.8, 4) is 17.3 Å². The van der Waals surface area contributed by atoms with E-state index in [0.717, 1.165) is 0 Å². The Balaban J connectivity index is 1.68. The van der Waals surface area contributed by atoms with Crippen molar-refractivity contribution >= 4 is 29.2 Å². The number of pyridine rings is 1. The minimum absolute atomic E-state index is 0.0620. The number of aromatic carboxylic acids is 1. The van der Waals surface area contributed by atoms with Crippen LogP contribution in [0, 0.1) is 21.4 Å². The summed E-state index contributed by atoms with van der Waals surface area (Å²) < 4.78 is 0. The van der Waals surface area contributed by atoms with Crippen LogP contribution in [0.25, 0.3) is 11.3 Å². The zero-order valence-corrected chi connectivity index (χ0v) is 16.9. The van der Waals surface area contributed by atoms with E-state index in [1.54, 1.807) is 31.3 Å². The summed E-state index contributed by atoms with van der Waals surface area (Å²) in [7, 11) is 1.55. The molecule has 4 N–H and O–H groups in total. The molecule has 3 aromatic rings. The summed E-state index contributed by atoms with van der Waals surface area (Å²) in [6.45, 7) is 0.761. The average molecular weight is 434 g/mol. The Morgan fingerprint density at radius 2 is 1.88 bits per heavy atom. The van der Waals surface area contributed by atoms with Gasteiger partial charge < -0.3 is 21.1 Å². The van der Waals surface area contributed by atoms with Gasteiger partial charge in [0.05, 0.1) is 22.2 Å². The molecule has 12 nitrogen and oxygen atoms in total. The second-order valence-electron chi connectivity index (χ2n) is 6.38. The molecule has 0 radical (unpaired) electrons. The van der Waals surface area contributed by atoms with Gasteiger partial charge >= 0.3 is 11.7 Å². The number of rotatable bonds is 9. The number of benzene rings is 1. The molecule has 0 fully saturated rings. The van der Waals surface area contributed by atoms with E-state index < -0.39 is 10.9 Å². The SMILES string of the molecule is CNc1nc(NCCNc2ncc(C(=O)O)c(-c3ccc(C#N)cc3)n2)ccc1[N+](=O)[O-]. The Hall–Kier alpha value is -4.79. The summed E-state index contributed by atoms with van der Waals surface area (Å²) in [4.78, 5) is 34.5. The highest BCUT2D eigenvalue weighted by Gasteiger charge is 2.16. The molecule has 0 aliphatic carbocycles. The third-order valence-corrected chi connectivity index (χ3v) is 4.33. The lowest BCUT2D eigenvalue weighted by Gasteiger charge is -2.11. The van der Waals surface area contributed by atoms with E-state index in [2.05, 4.69) is 30.9 Å². The van der Waals surface area contributed by atoms with E-state index >= 15 is 0 Å². The first-order valence-electron chi connectivity index (χ1n) is 9.34. The van der Waals surface area contributed by atoms with Gasteiger partial charge in [0.25, 0.3) is 0 Å². The van der Waals surface area contributed by atoms with E-state index in [0.29, 0.717) is 30.0 Å². The second-order valence-corrected chi connectivity index (χ2v) is 6.38. The van der Waals surface area contributed by atoms with Crippen molar-refractivity contribution in [3.63, 3.8) is 0 Å². The standard InChI is InChI=1S/C20H18N8O4/c1-22-18-15(28(31)32)6-7-16(26-18)23-8-9-24-20-25-11-14(19(29)30)17(27-20)13-4-2-12(10-21)3-5-13/h2-7,11H,8-9H2,1H3,(H,29,30)(H2,22,23,26)(H,24,25,27). The van der Waals surface area contributed by atoms with E-state index in [1.807, 2.05) is 6.07 Å². The summed E-state index contributed by atoms with van der Waals surface area (Å²) in [6, 6.07) is 11.3. The van der Waals surface area contributed by atoms with Crippen LogP contribution in [0.2, 0.25) is 0 Å². The van der Waals surface area contributed by atoms with Crippen LogP contribution in [0.4, 0.5) is 23.3 Å². The van der Waals surface area contributed by atoms with Crippen molar-refractivity contribution in [1.29, 1.82) is 5.26 Å². The fourth-order valence-electron chi connectivity index (χ4n) is 2.79. The Bertz CT molecular complexity index is 1190. The van der Waals surface area contributed by atoms with Gasteiger partial charge in [0, 0.05) is 38.0 Å². The van der Waals surface area contributed by atoms with Crippen LogP contribution in [0.15, 0.2) is 42.6 Å². The molecular formula is C20H18N8O4. The summed E-state index contributed by atoms with van der Waals surface area (Å²) in [6.07, 6.45) is 1.22. The Morgan fingerprint density at radius 3 is 2.50 bits per heavy atom. The predicted molar refractivity (Wildman–Crippen MR) is 117 cm³/mol. The first-order valence-corrected chi connectivity index (χ1v) is 9.34. The topological polar surface area (TPSA) is 179 Å². The molecular weight excluding hydrogens is 416 g/mol. The molecule has 2 heterocycles. The molecule has 3 rings (SSSR count). The number of carboxylic acids is 1. The lowest BCUT2D eigenvalue weighted by molar-refractivity contribution is -0.384. The molecule has 0 unspecified atom stereocenters. The van der Waals surface area contributed by atoms with Gasteiger partial charge in [0.15, 0.2) is 0 Å². The third-order valence-electron chi connectivity index (χ3n) is 4.33. The fourth-order valence-corrected chi connectivity index (χ4v) is 2.79. The summed E-state index contributed by atoms with van der Waals surface area (Å²) in [5, 5.41) is 38.0. The van der Waals surface area contributed by atoms with Crippen LogP contribution in [0.1, 0.15) is 15.9 Å². The summed E-state index contributed by atoms with van der Waals surface area (Å²) in [5.41, 5.74) is 1.03. The molecule has 0 aliphatic rings. The number of hydrogen-bond donors (Lipinski definition) is 4. The van der Waals surface area contributed by atoms with Crippen LogP contribution in [0.3, 0.4) is 0 Å². The number of carbonyl (C=O) groups is 1. The molecule has 0 bridgehead atoms. The van der Waals surface area contributed by atoms with Gasteiger partial charge in [-0.15, -0.1) is 0 Å². The molecule has 0 amide bonds. The van der Waals surface area contributed by atoms with Crippen molar-refractivity contribution in [2.75, 3.05) is 36.1 Å². The van der Waals surface area contributed by atoms with Gasteiger partial charge in [-0.3, -0.25) is 10.1 Å². The van der Waals surface area contributed by atoms with Gasteiger partial charge in [-0.1, -0.05) is 12.1 Å². The lowest BCUT2D eigenvalue weighted by atomic mass is 10.1. The molecule has 32 heavy (non-hydrogen) atoms. The number of nitrogens with zero attached hydrogens (tertiary/aromatic N) is 5. The number of anilines is 3. The first-order chi connectivity index (χ1) is 15.4. The molecule has 0 aliphatic heterocycles. The van der Waals surface area contributed by atoms with Gasteiger partial charge in [-0.2, -0.15) is 5.26 Å². The number of aromatic nitrogens is 3. The highest BCUT2D eigenvalue weighted by molar-refractivity contribution is 5.94.